The first-order valence-electron chi connectivity index (χ1n) is 6.04. The summed E-state index contributed by atoms with van der Waals surface area (Å²) in [6.07, 6.45) is 2.58. The Morgan fingerprint density at radius 3 is 2.63 bits per heavy atom. The quantitative estimate of drug-likeness (QED) is 0.672. The molecular weight excluding hydrogens is 279 g/mol. The number of carbonyl (C=O) groups is 1. The molecule has 1 aromatic carbocycles. The van der Waals surface area contributed by atoms with Gasteiger partial charge in [0.25, 0.3) is 5.91 Å². The minimum atomic E-state index is -1.63. The van der Waals surface area contributed by atoms with Crippen LogP contribution in [0.15, 0.2) is 12.1 Å². The van der Waals surface area contributed by atoms with Crippen molar-refractivity contribution >= 4 is 17.5 Å². The first-order valence-corrected chi connectivity index (χ1v) is 6.48. The fraction of sp³-hybridized carbons (Fsp3) is 0.462. The van der Waals surface area contributed by atoms with Crippen LogP contribution in [0, 0.1) is 23.4 Å². The van der Waals surface area contributed by atoms with Crippen molar-refractivity contribution in [3.8, 4) is 0 Å². The summed E-state index contributed by atoms with van der Waals surface area (Å²) in [6, 6.07) is 1.67. The number of nitrogens with one attached hydrogen (secondary N) is 1. The molecule has 104 valence electrons. The molecule has 1 aliphatic rings. The summed E-state index contributed by atoms with van der Waals surface area (Å²) < 4.78 is 39.1. The fourth-order valence-corrected chi connectivity index (χ4v) is 2.61. The van der Waals surface area contributed by atoms with Crippen molar-refractivity contribution in [1.29, 1.82) is 0 Å². The van der Waals surface area contributed by atoms with Crippen LogP contribution in [0.2, 0.25) is 0 Å². The van der Waals surface area contributed by atoms with Crippen LogP contribution in [0.5, 0.6) is 0 Å². The number of alkyl halides is 1. The second kappa shape index (κ2) is 5.82. The smallest absolute Gasteiger partial charge is 0.254 e. The number of hydrogen-bond acceptors (Lipinski definition) is 1. The minimum absolute atomic E-state index is 0.113. The second-order valence-corrected chi connectivity index (χ2v) is 5.33. The van der Waals surface area contributed by atoms with Crippen LogP contribution in [0.25, 0.3) is 0 Å². The predicted octanol–water partition coefficient (Wildman–Crippen LogP) is 3.24. The summed E-state index contributed by atoms with van der Waals surface area (Å²) in [6.45, 7) is 0.362. The standard InChI is InChI=1S/C13H13ClF3NO/c14-8-2-1-7(5-8)6-18-13(19)9-3-4-10(15)12(17)11(9)16/h3-4,7-8H,1-2,5-6H2,(H,18,19). The van der Waals surface area contributed by atoms with E-state index in [1.165, 1.54) is 0 Å². The molecule has 0 aliphatic heterocycles. The number of hydrogen-bond donors (Lipinski definition) is 1. The number of rotatable bonds is 3. The van der Waals surface area contributed by atoms with Gasteiger partial charge in [-0.15, -0.1) is 11.6 Å². The van der Waals surface area contributed by atoms with Crippen molar-refractivity contribution < 1.29 is 18.0 Å². The van der Waals surface area contributed by atoms with Gasteiger partial charge in [0.2, 0.25) is 0 Å². The highest BCUT2D eigenvalue weighted by molar-refractivity contribution is 6.20. The molecule has 0 bridgehead atoms. The van der Waals surface area contributed by atoms with E-state index in [9.17, 15) is 18.0 Å². The Morgan fingerprint density at radius 2 is 2.00 bits per heavy atom. The van der Waals surface area contributed by atoms with Gasteiger partial charge >= 0.3 is 0 Å². The van der Waals surface area contributed by atoms with E-state index >= 15 is 0 Å². The summed E-state index contributed by atoms with van der Waals surface area (Å²) in [7, 11) is 0. The zero-order valence-electron chi connectivity index (χ0n) is 10.1. The first-order chi connectivity index (χ1) is 8.99. The van der Waals surface area contributed by atoms with Gasteiger partial charge in [-0.05, 0) is 37.3 Å². The van der Waals surface area contributed by atoms with E-state index in [1.54, 1.807) is 0 Å². The van der Waals surface area contributed by atoms with Crippen molar-refractivity contribution in [3.05, 3.63) is 35.1 Å². The molecule has 1 fully saturated rings. The SMILES string of the molecule is O=C(NCC1CCC(Cl)C1)c1ccc(F)c(F)c1F. The average Bonchev–Trinajstić information content (AvgIpc) is 2.79. The molecule has 1 N–H and O–H groups in total. The Kier molecular flexibility index (Phi) is 4.34. The molecule has 1 aliphatic carbocycles. The van der Waals surface area contributed by atoms with Gasteiger partial charge < -0.3 is 5.32 Å². The Balaban J connectivity index is 1.98. The maximum Gasteiger partial charge on any atom is 0.254 e. The number of benzene rings is 1. The largest absolute Gasteiger partial charge is 0.352 e. The molecule has 2 rings (SSSR count). The van der Waals surface area contributed by atoms with Crippen molar-refractivity contribution in [2.45, 2.75) is 24.6 Å². The topological polar surface area (TPSA) is 29.1 Å². The van der Waals surface area contributed by atoms with Crippen molar-refractivity contribution in [3.63, 3.8) is 0 Å². The van der Waals surface area contributed by atoms with Gasteiger partial charge in [0.1, 0.15) is 0 Å². The van der Waals surface area contributed by atoms with E-state index in [1.807, 2.05) is 0 Å². The van der Waals surface area contributed by atoms with Crippen LogP contribution in [0.4, 0.5) is 13.2 Å². The van der Waals surface area contributed by atoms with E-state index in [0.717, 1.165) is 31.4 Å². The van der Waals surface area contributed by atoms with Gasteiger partial charge in [0.15, 0.2) is 17.5 Å². The van der Waals surface area contributed by atoms with Gasteiger partial charge in [-0.1, -0.05) is 0 Å². The third kappa shape index (κ3) is 3.21. The molecule has 19 heavy (non-hydrogen) atoms. The molecule has 0 spiro atoms. The highest BCUT2D eigenvalue weighted by atomic mass is 35.5. The molecule has 0 heterocycles. The maximum atomic E-state index is 13.4. The first kappa shape index (κ1) is 14.2. The highest BCUT2D eigenvalue weighted by Crippen LogP contribution is 2.28. The molecule has 1 saturated carbocycles. The van der Waals surface area contributed by atoms with Gasteiger partial charge in [-0.25, -0.2) is 13.2 Å². The molecule has 0 saturated heterocycles. The Hall–Kier alpha value is -1.23. The van der Waals surface area contributed by atoms with Crippen LogP contribution in [-0.4, -0.2) is 17.8 Å². The normalized spacial score (nSPS) is 22.5. The Labute approximate surface area is 113 Å². The Bertz CT molecular complexity index is 495. The lowest BCUT2D eigenvalue weighted by Crippen LogP contribution is -2.29. The van der Waals surface area contributed by atoms with Crippen LogP contribution in [0.1, 0.15) is 29.6 Å². The molecule has 1 aromatic rings. The predicted molar refractivity (Wildman–Crippen MR) is 65.6 cm³/mol. The van der Waals surface area contributed by atoms with E-state index in [2.05, 4.69) is 5.32 Å². The molecular formula is C13H13ClF3NO. The van der Waals surface area contributed by atoms with Crippen LogP contribution in [0.3, 0.4) is 0 Å². The molecule has 2 unspecified atom stereocenters. The van der Waals surface area contributed by atoms with Gasteiger partial charge in [0, 0.05) is 11.9 Å². The van der Waals surface area contributed by atoms with Crippen molar-refractivity contribution in [1.82, 2.24) is 5.32 Å². The van der Waals surface area contributed by atoms with E-state index in [-0.39, 0.29) is 11.3 Å². The van der Waals surface area contributed by atoms with Gasteiger partial charge in [-0.2, -0.15) is 0 Å². The van der Waals surface area contributed by atoms with E-state index < -0.39 is 28.9 Å². The minimum Gasteiger partial charge on any atom is -0.352 e. The van der Waals surface area contributed by atoms with Crippen LogP contribution < -0.4 is 5.32 Å². The average molecular weight is 292 g/mol. The molecule has 2 nitrogen and oxygen atoms in total. The molecule has 6 heteroatoms. The zero-order valence-corrected chi connectivity index (χ0v) is 10.8. The number of carbonyl (C=O) groups excluding carboxylic acids is 1. The third-order valence-electron chi connectivity index (χ3n) is 3.31. The maximum absolute atomic E-state index is 13.4. The van der Waals surface area contributed by atoms with Crippen molar-refractivity contribution in [2.75, 3.05) is 6.54 Å². The van der Waals surface area contributed by atoms with E-state index in [4.69, 9.17) is 11.6 Å². The third-order valence-corrected chi connectivity index (χ3v) is 3.70. The van der Waals surface area contributed by atoms with Gasteiger partial charge in [0.05, 0.1) is 5.56 Å². The second-order valence-electron chi connectivity index (χ2n) is 4.71. The van der Waals surface area contributed by atoms with Gasteiger partial charge in [-0.3, -0.25) is 4.79 Å². The monoisotopic (exact) mass is 291 g/mol. The summed E-state index contributed by atoms with van der Waals surface area (Å²) in [5, 5.41) is 2.64. The summed E-state index contributed by atoms with van der Waals surface area (Å²) in [4.78, 5) is 11.7. The number of amides is 1. The van der Waals surface area contributed by atoms with Crippen LogP contribution >= 0.6 is 11.6 Å². The van der Waals surface area contributed by atoms with Crippen molar-refractivity contribution in [2.24, 2.45) is 5.92 Å². The van der Waals surface area contributed by atoms with E-state index in [0.29, 0.717) is 6.54 Å². The fourth-order valence-electron chi connectivity index (χ4n) is 2.23. The lowest BCUT2D eigenvalue weighted by molar-refractivity contribution is 0.0942. The zero-order chi connectivity index (χ0) is 14.0. The molecule has 2 atom stereocenters. The summed E-state index contributed by atoms with van der Waals surface area (Å²) in [5.41, 5.74) is -0.487. The van der Waals surface area contributed by atoms with Crippen LogP contribution in [-0.2, 0) is 0 Å². The highest BCUT2D eigenvalue weighted by Gasteiger charge is 2.24. The molecule has 0 radical (unpaired) electrons. The lowest BCUT2D eigenvalue weighted by atomic mass is 10.1. The summed E-state index contributed by atoms with van der Waals surface area (Å²) >= 11 is 5.94. The number of halogens is 4. The molecule has 0 aromatic heterocycles. The molecule has 1 amide bonds. The summed E-state index contributed by atoms with van der Waals surface area (Å²) in [5.74, 6) is -4.89. The Morgan fingerprint density at radius 1 is 1.26 bits per heavy atom. The lowest BCUT2D eigenvalue weighted by Gasteiger charge is -2.11.